The van der Waals surface area contributed by atoms with Crippen LogP contribution in [0, 0.1) is 5.82 Å². The van der Waals surface area contributed by atoms with Gasteiger partial charge in [0.05, 0.1) is 36.4 Å². The zero-order valence-electron chi connectivity index (χ0n) is 18.0. The molecule has 1 aliphatic heterocycles. The molecule has 0 saturated carbocycles. The molecule has 172 valence electrons. The highest BCUT2D eigenvalue weighted by Gasteiger charge is 2.32. The van der Waals surface area contributed by atoms with Crippen LogP contribution in [-0.4, -0.2) is 63.7 Å². The number of benzene rings is 2. The second kappa shape index (κ2) is 10.1. The van der Waals surface area contributed by atoms with E-state index in [9.17, 15) is 22.4 Å². The smallest absolute Gasteiger partial charge is 0.256 e. The number of sulfonamides is 1. The molecule has 8 nitrogen and oxygen atoms in total. The van der Waals surface area contributed by atoms with Gasteiger partial charge >= 0.3 is 0 Å². The highest BCUT2D eigenvalue weighted by Crippen LogP contribution is 2.25. The number of hydrogen-bond acceptors (Lipinski definition) is 5. The summed E-state index contributed by atoms with van der Waals surface area (Å²) in [5.74, 6) is -1.35. The molecule has 1 saturated heterocycles. The Morgan fingerprint density at radius 3 is 2.34 bits per heavy atom. The van der Waals surface area contributed by atoms with Gasteiger partial charge in [-0.15, -0.1) is 0 Å². The number of nitrogens with one attached hydrogen (secondary N) is 1. The lowest BCUT2D eigenvalue weighted by Gasteiger charge is -2.31. The molecule has 0 spiro atoms. The van der Waals surface area contributed by atoms with E-state index >= 15 is 0 Å². The second-order valence-electron chi connectivity index (χ2n) is 7.40. The average molecular weight is 464 g/mol. The molecular formula is C22H26FN3O5S. The molecule has 1 N–H and O–H groups in total. The molecule has 1 heterocycles. The minimum atomic E-state index is -3.86. The number of ether oxygens (including phenoxy) is 1. The molecule has 1 fully saturated rings. The minimum absolute atomic E-state index is 0.163. The Morgan fingerprint density at radius 1 is 1.12 bits per heavy atom. The monoisotopic (exact) mass is 463 g/mol. The molecule has 2 amide bonds. The number of para-hydroxylation sites is 1. The zero-order chi connectivity index (χ0) is 23.3. The van der Waals surface area contributed by atoms with Gasteiger partial charge in [-0.05, 0) is 42.8 Å². The third kappa shape index (κ3) is 5.43. The molecule has 0 radical (unpaired) electrons. The Kier molecular flexibility index (Phi) is 7.47. The second-order valence-corrected chi connectivity index (χ2v) is 9.26. The molecule has 1 aliphatic rings. The number of hydrogen-bond donors (Lipinski definition) is 1. The fraction of sp³-hybridized carbons (Fsp3) is 0.364. The largest absolute Gasteiger partial charge is 0.378 e. The molecule has 0 bridgehead atoms. The van der Waals surface area contributed by atoms with Gasteiger partial charge in [0.2, 0.25) is 15.9 Å². The summed E-state index contributed by atoms with van der Waals surface area (Å²) < 4.78 is 44.7. The van der Waals surface area contributed by atoms with Gasteiger partial charge in [-0.2, -0.15) is 0 Å². The zero-order valence-corrected chi connectivity index (χ0v) is 18.8. The van der Waals surface area contributed by atoms with Crippen LogP contribution >= 0.6 is 0 Å². The first-order valence-electron chi connectivity index (χ1n) is 10.2. The van der Waals surface area contributed by atoms with Crippen LogP contribution in [0.5, 0.6) is 0 Å². The molecule has 0 unspecified atom stereocenters. The van der Waals surface area contributed by atoms with E-state index in [4.69, 9.17) is 4.74 Å². The van der Waals surface area contributed by atoms with Gasteiger partial charge in [-0.3, -0.25) is 13.9 Å². The van der Waals surface area contributed by atoms with Gasteiger partial charge in [0.15, 0.2) is 0 Å². The fourth-order valence-corrected chi connectivity index (χ4v) is 4.79. The summed E-state index contributed by atoms with van der Waals surface area (Å²) in [5, 5.41) is 2.72. The Morgan fingerprint density at radius 2 is 1.75 bits per heavy atom. The number of carbonyl (C=O) groups is 2. The van der Waals surface area contributed by atoms with Crippen molar-refractivity contribution in [1.82, 2.24) is 4.90 Å². The third-order valence-corrected chi connectivity index (χ3v) is 6.30. The SMILES string of the molecule is CC[C@@H](C(=O)Nc1ccccc1C(=O)N1CCOCC1)N(c1ccc(F)cc1)S(C)(=O)=O. The van der Waals surface area contributed by atoms with E-state index in [0.717, 1.165) is 22.7 Å². The van der Waals surface area contributed by atoms with Crippen LogP contribution < -0.4 is 9.62 Å². The van der Waals surface area contributed by atoms with Gasteiger partial charge in [0.1, 0.15) is 11.9 Å². The maximum Gasteiger partial charge on any atom is 0.256 e. The lowest BCUT2D eigenvalue weighted by Crippen LogP contribution is -2.47. The first-order valence-corrected chi connectivity index (χ1v) is 12.1. The fourth-order valence-electron chi connectivity index (χ4n) is 3.58. The van der Waals surface area contributed by atoms with Crippen LogP contribution in [0.4, 0.5) is 15.8 Å². The van der Waals surface area contributed by atoms with Gasteiger partial charge in [0.25, 0.3) is 5.91 Å². The maximum atomic E-state index is 13.4. The van der Waals surface area contributed by atoms with Crippen LogP contribution in [0.2, 0.25) is 0 Å². The summed E-state index contributed by atoms with van der Waals surface area (Å²) in [6.07, 6.45) is 1.15. The van der Waals surface area contributed by atoms with E-state index in [1.165, 1.54) is 12.1 Å². The highest BCUT2D eigenvalue weighted by atomic mass is 32.2. The number of carbonyl (C=O) groups excluding carboxylic acids is 2. The summed E-state index contributed by atoms with van der Waals surface area (Å²) >= 11 is 0. The molecule has 0 aromatic heterocycles. The van der Waals surface area contributed by atoms with Gasteiger partial charge in [0, 0.05) is 13.1 Å². The summed E-state index contributed by atoms with van der Waals surface area (Å²) in [7, 11) is -3.86. The first-order chi connectivity index (χ1) is 15.2. The Balaban J connectivity index is 1.89. The van der Waals surface area contributed by atoms with Crippen LogP contribution in [-0.2, 0) is 19.6 Å². The minimum Gasteiger partial charge on any atom is -0.378 e. The molecule has 32 heavy (non-hydrogen) atoms. The average Bonchev–Trinajstić information content (AvgIpc) is 2.78. The molecule has 2 aromatic rings. The molecule has 2 aromatic carbocycles. The van der Waals surface area contributed by atoms with Crippen molar-refractivity contribution in [2.24, 2.45) is 0 Å². The van der Waals surface area contributed by atoms with E-state index in [1.807, 2.05) is 0 Å². The Hall–Kier alpha value is -2.98. The van der Waals surface area contributed by atoms with E-state index in [0.29, 0.717) is 37.6 Å². The summed E-state index contributed by atoms with van der Waals surface area (Å²) in [5.41, 5.74) is 0.777. The number of morpholine rings is 1. The predicted octanol–water partition coefficient (Wildman–Crippen LogP) is 2.48. The van der Waals surface area contributed by atoms with E-state index in [-0.39, 0.29) is 18.0 Å². The molecule has 3 rings (SSSR count). The van der Waals surface area contributed by atoms with Crippen molar-refractivity contribution in [3.63, 3.8) is 0 Å². The van der Waals surface area contributed by atoms with Gasteiger partial charge < -0.3 is 15.0 Å². The van der Waals surface area contributed by atoms with Crippen LogP contribution in [0.1, 0.15) is 23.7 Å². The normalized spacial score (nSPS) is 15.2. The van der Waals surface area contributed by atoms with E-state index in [1.54, 1.807) is 36.1 Å². The summed E-state index contributed by atoms with van der Waals surface area (Å²) in [4.78, 5) is 27.8. The maximum absolute atomic E-state index is 13.4. The van der Waals surface area contributed by atoms with Crippen molar-refractivity contribution in [3.8, 4) is 0 Å². The highest BCUT2D eigenvalue weighted by molar-refractivity contribution is 7.92. The molecular weight excluding hydrogens is 437 g/mol. The van der Waals surface area contributed by atoms with Crippen molar-refractivity contribution in [3.05, 3.63) is 59.9 Å². The predicted molar refractivity (Wildman–Crippen MR) is 120 cm³/mol. The van der Waals surface area contributed by atoms with E-state index < -0.39 is 27.8 Å². The van der Waals surface area contributed by atoms with E-state index in [2.05, 4.69) is 5.32 Å². The third-order valence-electron chi connectivity index (χ3n) is 5.12. The lowest BCUT2D eigenvalue weighted by molar-refractivity contribution is -0.117. The van der Waals surface area contributed by atoms with Crippen LogP contribution in [0.15, 0.2) is 48.5 Å². The van der Waals surface area contributed by atoms with Crippen molar-refractivity contribution < 1.29 is 27.1 Å². The molecule has 0 aliphatic carbocycles. The number of anilines is 2. The van der Waals surface area contributed by atoms with Crippen LogP contribution in [0.25, 0.3) is 0 Å². The van der Waals surface area contributed by atoms with Crippen molar-refractivity contribution in [1.29, 1.82) is 0 Å². The van der Waals surface area contributed by atoms with Gasteiger partial charge in [-0.25, -0.2) is 12.8 Å². The summed E-state index contributed by atoms with van der Waals surface area (Å²) in [6, 6.07) is 10.4. The lowest BCUT2D eigenvalue weighted by atomic mass is 10.1. The summed E-state index contributed by atoms with van der Waals surface area (Å²) in [6.45, 7) is 3.46. The topological polar surface area (TPSA) is 96.0 Å². The molecule has 1 atom stereocenters. The van der Waals surface area contributed by atoms with Crippen molar-refractivity contribution in [2.75, 3.05) is 42.2 Å². The number of nitrogens with zero attached hydrogens (tertiary/aromatic N) is 2. The standard InChI is InChI=1S/C22H26FN3O5S/c1-3-20(26(32(2,29)30)17-10-8-16(23)9-11-17)21(27)24-19-7-5-4-6-18(19)22(28)25-12-14-31-15-13-25/h4-11,20H,3,12-15H2,1-2H3,(H,24,27)/t20-/m0/s1. The Labute approximate surface area is 187 Å². The Bertz CT molecular complexity index is 1070. The van der Waals surface area contributed by atoms with Crippen LogP contribution in [0.3, 0.4) is 0 Å². The van der Waals surface area contributed by atoms with Crippen molar-refractivity contribution in [2.45, 2.75) is 19.4 Å². The molecule has 10 heteroatoms. The number of halogens is 1. The van der Waals surface area contributed by atoms with Gasteiger partial charge in [-0.1, -0.05) is 19.1 Å². The quantitative estimate of drug-likeness (QED) is 0.681. The first kappa shape index (κ1) is 23.7. The number of amides is 2. The number of rotatable bonds is 7. The van der Waals surface area contributed by atoms with Crippen molar-refractivity contribution >= 4 is 33.2 Å².